The lowest BCUT2D eigenvalue weighted by Crippen LogP contribution is -2.35. The lowest BCUT2D eigenvalue weighted by molar-refractivity contribution is -0.117. The Morgan fingerprint density at radius 3 is 2.61 bits per heavy atom. The van der Waals surface area contributed by atoms with Gasteiger partial charge in [-0.15, -0.1) is 0 Å². The van der Waals surface area contributed by atoms with Crippen LogP contribution in [0.4, 0.5) is 5.69 Å². The molecule has 2 N–H and O–H groups in total. The van der Waals surface area contributed by atoms with E-state index in [0.29, 0.717) is 23.6 Å². The number of nitrogens with one attached hydrogen (secondary N) is 2. The molecule has 3 rings (SSSR count). The second-order valence-corrected chi connectivity index (χ2v) is 8.69. The Morgan fingerprint density at radius 2 is 2.00 bits per heavy atom. The van der Waals surface area contributed by atoms with E-state index in [1.807, 2.05) is 6.92 Å². The number of carbonyl (C=O) groups is 2. The SMILES string of the molecule is C[C@@H]1C[C@@H]1C(=O)Nc1cccc(C(=O)N[C@H]2CCS(=O)(=O)C2)c1. The quantitative estimate of drug-likeness (QED) is 0.864. The van der Waals surface area contributed by atoms with Gasteiger partial charge < -0.3 is 10.6 Å². The van der Waals surface area contributed by atoms with Crippen LogP contribution in [0, 0.1) is 11.8 Å². The van der Waals surface area contributed by atoms with E-state index in [-0.39, 0.29) is 35.3 Å². The summed E-state index contributed by atoms with van der Waals surface area (Å²) < 4.78 is 22.9. The minimum absolute atomic E-state index is 0.00522. The Labute approximate surface area is 135 Å². The molecule has 1 saturated heterocycles. The normalized spacial score (nSPS) is 28.1. The van der Waals surface area contributed by atoms with Crippen molar-refractivity contribution in [3.63, 3.8) is 0 Å². The van der Waals surface area contributed by atoms with Crippen LogP contribution in [0.25, 0.3) is 0 Å². The molecule has 0 unspecified atom stereocenters. The third kappa shape index (κ3) is 3.90. The number of hydrogen-bond acceptors (Lipinski definition) is 4. The number of rotatable bonds is 4. The summed E-state index contributed by atoms with van der Waals surface area (Å²) in [6.45, 7) is 2.03. The number of amides is 2. The van der Waals surface area contributed by atoms with Gasteiger partial charge in [-0.05, 0) is 37.0 Å². The Balaban J connectivity index is 1.62. The zero-order valence-electron chi connectivity index (χ0n) is 12.9. The van der Waals surface area contributed by atoms with E-state index >= 15 is 0 Å². The highest BCUT2D eigenvalue weighted by molar-refractivity contribution is 7.91. The van der Waals surface area contributed by atoms with Crippen molar-refractivity contribution in [3.8, 4) is 0 Å². The molecule has 0 spiro atoms. The van der Waals surface area contributed by atoms with Crippen molar-refractivity contribution in [2.24, 2.45) is 11.8 Å². The fraction of sp³-hybridized carbons (Fsp3) is 0.500. The fourth-order valence-corrected chi connectivity index (χ4v) is 4.51. The lowest BCUT2D eigenvalue weighted by atomic mass is 10.1. The Hall–Kier alpha value is -1.89. The van der Waals surface area contributed by atoms with Gasteiger partial charge in [-0.25, -0.2) is 8.42 Å². The van der Waals surface area contributed by atoms with Crippen LogP contribution < -0.4 is 10.6 Å². The minimum atomic E-state index is -3.03. The third-order valence-electron chi connectivity index (χ3n) is 4.41. The maximum Gasteiger partial charge on any atom is 0.251 e. The molecule has 2 fully saturated rings. The molecule has 1 heterocycles. The lowest BCUT2D eigenvalue weighted by Gasteiger charge is -2.12. The van der Waals surface area contributed by atoms with Gasteiger partial charge in [0.1, 0.15) is 0 Å². The van der Waals surface area contributed by atoms with Crippen LogP contribution >= 0.6 is 0 Å². The first-order valence-corrected chi connectivity index (χ1v) is 9.58. The Bertz CT molecular complexity index is 744. The molecule has 1 aromatic carbocycles. The molecule has 7 heteroatoms. The molecule has 1 aromatic rings. The first kappa shape index (κ1) is 16.0. The first-order chi connectivity index (χ1) is 10.8. The van der Waals surface area contributed by atoms with Crippen LogP contribution in [0.1, 0.15) is 30.1 Å². The maximum atomic E-state index is 12.2. The molecule has 1 saturated carbocycles. The van der Waals surface area contributed by atoms with Crippen molar-refractivity contribution in [2.45, 2.75) is 25.8 Å². The zero-order valence-corrected chi connectivity index (χ0v) is 13.7. The largest absolute Gasteiger partial charge is 0.348 e. The molecule has 124 valence electrons. The van der Waals surface area contributed by atoms with Gasteiger partial charge in [0.25, 0.3) is 5.91 Å². The molecule has 0 radical (unpaired) electrons. The number of sulfone groups is 1. The monoisotopic (exact) mass is 336 g/mol. The van der Waals surface area contributed by atoms with Crippen LogP contribution in [0.15, 0.2) is 24.3 Å². The molecule has 3 atom stereocenters. The van der Waals surface area contributed by atoms with E-state index in [0.717, 1.165) is 6.42 Å². The summed E-state index contributed by atoms with van der Waals surface area (Å²) in [6.07, 6.45) is 1.35. The van der Waals surface area contributed by atoms with Crippen molar-refractivity contribution >= 4 is 27.3 Å². The van der Waals surface area contributed by atoms with Gasteiger partial charge in [-0.2, -0.15) is 0 Å². The fourth-order valence-electron chi connectivity index (χ4n) is 2.84. The Kier molecular flexibility index (Phi) is 4.14. The van der Waals surface area contributed by atoms with E-state index in [2.05, 4.69) is 10.6 Å². The van der Waals surface area contributed by atoms with Crippen molar-refractivity contribution in [2.75, 3.05) is 16.8 Å². The number of carbonyl (C=O) groups excluding carboxylic acids is 2. The van der Waals surface area contributed by atoms with E-state index < -0.39 is 9.84 Å². The van der Waals surface area contributed by atoms with Gasteiger partial charge >= 0.3 is 0 Å². The number of hydrogen-bond donors (Lipinski definition) is 2. The third-order valence-corrected chi connectivity index (χ3v) is 6.17. The molecular formula is C16H20N2O4S. The molecule has 6 nitrogen and oxygen atoms in total. The van der Waals surface area contributed by atoms with Crippen LogP contribution in [0.3, 0.4) is 0 Å². The Morgan fingerprint density at radius 1 is 1.26 bits per heavy atom. The molecule has 1 aliphatic carbocycles. The second kappa shape index (κ2) is 5.96. The summed E-state index contributed by atoms with van der Waals surface area (Å²) in [7, 11) is -3.03. The summed E-state index contributed by atoms with van der Waals surface area (Å²) in [4.78, 5) is 24.2. The summed E-state index contributed by atoms with van der Waals surface area (Å²) in [5.41, 5.74) is 0.997. The van der Waals surface area contributed by atoms with Crippen LogP contribution in [0.2, 0.25) is 0 Å². The van der Waals surface area contributed by atoms with Crippen molar-refractivity contribution in [3.05, 3.63) is 29.8 Å². The average molecular weight is 336 g/mol. The number of anilines is 1. The predicted octanol–water partition coefficient (Wildman–Crippen LogP) is 1.20. The zero-order chi connectivity index (χ0) is 16.6. The predicted molar refractivity (Wildman–Crippen MR) is 86.9 cm³/mol. The van der Waals surface area contributed by atoms with Crippen LogP contribution in [-0.4, -0.2) is 37.8 Å². The van der Waals surface area contributed by atoms with Gasteiger partial charge in [0.2, 0.25) is 5.91 Å². The molecule has 1 aliphatic heterocycles. The second-order valence-electron chi connectivity index (χ2n) is 6.46. The summed E-state index contributed by atoms with van der Waals surface area (Å²) in [5.74, 6) is 0.268. The summed E-state index contributed by atoms with van der Waals surface area (Å²) >= 11 is 0. The minimum Gasteiger partial charge on any atom is -0.348 e. The van der Waals surface area contributed by atoms with Gasteiger partial charge in [-0.1, -0.05) is 13.0 Å². The molecule has 0 aromatic heterocycles. The topological polar surface area (TPSA) is 92.3 Å². The molecule has 2 amide bonds. The van der Waals surface area contributed by atoms with E-state index in [4.69, 9.17) is 0 Å². The maximum absolute atomic E-state index is 12.2. The van der Waals surface area contributed by atoms with Crippen LogP contribution in [0.5, 0.6) is 0 Å². The molecular weight excluding hydrogens is 316 g/mol. The highest BCUT2D eigenvalue weighted by Gasteiger charge is 2.39. The average Bonchev–Trinajstić information content (AvgIpc) is 3.12. The smallest absolute Gasteiger partial charge is 0.251 e. The highest BCUT2D eigenvalue weighted by atomic mass is 32.2. The highest BCUT2D eigenvalue weighted by Crippen LogP contribution is 2.38. The molecule has 23 heavy (non-hydrogen) atoms. The van der Waals surface area contributed by atoms with E-state index in [1.165, 1.54) is 0 Å². The van der Waals surface area contributed by atoms with Gasteiger partial charge in [-0.3, -0.25) is 9.59 Å². The summed E-state index contributed by atoms with van der Waals surface area (Å²) in [6, 6.07) is 6.37. The summed E-state index contributed by atoms with van der Waals surface area (Å²) in [5, 5.41) is 5.56. The standard InChI is InChI=1S/C16H20N2O4S/c1-10-7-14(10)16(20)17-12-4-2-3-11(8-12)15(19)18-13-5-6-23(21,22)9-13/h2-4,8,10,13-14H,5-7,9H2,1H3,(H,17,20)(H,18,19)/t10-,13+,14+/m1/s1. The van der Waals surface area contributed by atoms with Gasteiger partial charge in [0.15, 0.2) is 9.84 Å². The van der Waals surface area contributed by atoms with E-state index in [1.54, 1.807) is 24.3 Å². The van der Waals surface area contributed by atoms with Crippen LogP contribution in [-0.2, 0) is 14.6 Å². The van der Waals surface area contributed by atoms with Crippen molar-refractivity contribution < 1.29 is 18.0 Å². The van der Waals surface area contributed by atoms with Crippen molar-refractivity contribution in [1.82, 2.24) is 5.32 Å². The number of benzene rings is 1. The van der Waals surface area contributed by atoms with Gasteiger partial charge in [0, 0.05) is 23.2 Å². The molecule has 0 bridgehead atoms. The van der Waals surface area contributed by atoms with E-state index in [9.17, 15) is 18.0 Å². The first-order valence-electron chi connectivity index (χ1n) is 7.76. The van der Waals surface area contributed by atoms with Gasteiger partial charge in [0.05, 0.1) is 11.5 Å². The van der Waals surface area contributed by atoms with Crippen molar-refractivity contribution in [1.29, 1.82) is 0 Å². The molecule has 2 aliphatic rings.